The third kappa shape index (κ3) is 2.20. The molecule has 2 aromatic rings. The average molecular weight is 239 g/mol. The maximum Gasteiger partial charge on any atom is 0.183 e. The number of rotatable bonds is 4. The van der Waals surface area contributed by atoms with Gasteiger partial charge in [0.2, 0.25) is 0 Å². The normalized spacial score (nSPS) is 10.6. The van der Waals surface area contributed by atoms with E-state index in [1.807, 2.05) is 18.2 Å². The highest BCUT2D eigenvalue weighted by molar-refractivity contribution is 6.33. The highest BCUT2D eigenvalue weighted by atomic mass is 35.5. The Morgan fingerprint density at radius 1 is 1.31 bits per heavy atom. The highest BCUT2D eigenvalue weighted by Crippen LogP contribution is 2.24. The smallest absolute Gasteiger partial charge is 0.183 e. The van der Waals surface area contributed by atoms with Gasteiger partial charge in [0.1, 0.15) is 0 Å². The van der Waals surface area contributed by atoms with Crippen molar-refractivity contribution in [2.45, 2.75) is 13.0 Å². The van der Waals surface area contributed by atoms with E-state index in [2.05, 4.69) is 15.5 Å². The first kappa shape index (κ1) is 11.0. The minimum atomic E-state index is 0.113. The molecular weight excluding hydrogens is 228 g/mol. The summed E-state index contributed by atoms with van der Waals surface area (Å²) in [6.07, 6.45) is 0.614. The standard InChI is InChI=1S/C10H11ClN4O/c11-9-5-2-1-4-8(9)10-12-13-14-15(10)6-3-7-16/h1-2,4-5,16H,3,6-7H2. The minimum Gasteiger partial charge on any atom is -0.396 e. The van der Waals surface area contributed by atoms with Crippen LogP contribution in [0, 0.1) is 0 Å². The molecule has 0 bridgehead atoms. The number of aromatic nitrogens is 4. The summed E-state index contributed by atoms with van der Waals surface area (Å²) in [5.41, 5.74) is 0.798. The largest absolute Gasteiger partial charge is 0.396 e. The van der Waals surface area contributed by atoms with Crippen LogP contribution in [0.25, 0.3) is 11.4 Å². The average Bonchev–Trinajstić information content (AvgIpc) is 2.75. The first-order valence-electron chi connectivity index (χ1n) is 4.95. The second kappa shape index (κ2) is 5.05. The van der Waals surface area contributed by atoms with E-state index in [0.29, 0.717) is 23.8 Å². The van der Waals surface area contributed by atoms with Crippen LogP contribution in [0.3, 0.4) is 0 Å². The predicted octanol–water partition coefficient (Wildman–Crippen LogP) is 1.38. The zero-order valence-electron chi connectivity index (χ0n) is 8.54. The van der Waals surface area contributed by atoms with Gasteiger partial charge in [-0.2, -0.15) is 0 Å². The van der Waals surface area contributed by atoms with Gasteiger partial charge in [-0.3, -0.25) is 0 Å². The van der Waals surface area contributed by atoms with Gasteiger partial charge in [0, 0.05) is 18.7 Å². The molecule has 0 fully saturated rings. The Morgan fingerprint density at radius 2 is 2.12 bits per heavy atom. The lowest BCUT2D eigenvalue weighted by molar-refractivity contribution is 0.276. The summed E-state index contributed by atoms with van der Waals surface area (Å²) in [5.74, 6) is 0.624. The summed E-state index contributed by atoms with van der Waals surface area (Å²) >= 11 is 6.06. The quantitative estimate of drug-likeness (QED) is 0.874. The van der Waals surface area contributed by atoms with E-state index in [4.69, 9.17) is 16.7 Å². The van der Waals surface area contributed by atoms with Crippen LogP contribution in [0.1, 0.15) is 6.42 Å². The van der Waals surface area contributed by atoms with E-state index in [0.717, 1.165) is 5.56 Å². The number of halogens is 1. The van der Waals surface area contributed by atoms with Crippen molar-refractivity contribution in [1.29, 1.82) is 0 Å². The molecule has 0 unspecified atom stereocenters. The van der Waals surface area contributed by atoms with Crippen molar-refractivity contribution in [3.8, 4) is 11.4 Å². The molecule has 0 aliphatic carbocycles. The molecule has 1 aromatic carbocycles. The molecule has 0 saturated carbocycles. The third-order valence-corrected chi connectivity index (χ3v) is 2.50. The van der Waals surface area contributed by atoms with Crippen LogP contribution >= 0.6 is 11.6 Å². The van der Waals surface area contributed by atoms with E-state index >= 15 is 0 Å². The predicted molar refractivity (Wildman–Crippen MR) is 60.0 cm³/mol. The van der Waals surface area contributed by atoms with Gasteiger partial charge in [0.25, 0.3) is 0 Å². The number of aliphatic hydroxyl groups is 1. The van der Waals surface area contributed by atoms with E-state index in [9.17, 15) is 0 Å². The highest BCUT2D eigenvalue weighted by Gasteiger charge is 2.11. The van der Waals surface area contributed by atoms with Gasteiger partial charge >= 0.3 is 0 Å². The number of benzene rings is 1. The van der Waals surface area contributed by atoms with Gasteiger partial charge in [-0.25, -0.2) is 4.68 Å². The maximum absolute atomic E-state index is 8.77. The summed E-state index contributed by atoms with van der Waals surface area (Å²) in [6, 6.07) is 7.39. The molecule has 1 heterocycles. The molecule has 1 N–H and O–H groups in total. The number of hydrogen-bond donors (Lipinski definition) is 1. The van der Waals surface area contributed by atoms with Crippen LogP contribution < -0.4 is 0 Å². The Bertz CT molecular complexity index is 471. The third-order valence-electron chi connectivity index (χ3n) is 2.17. The molecule has 84 valence electrons. The van der Waals surface area contributed by atoms with E-state index in [-0.39, 0.29) is 6.61 Å². The number of nitrogens with zero attached hydrogens (tertiary/aromatic N) is 4. The van der Waals surface area contributed by atoms with Crippen LogP contribution in [0.5, 0.6) is 0 Å². The van der Waals surface area contributed by atoms with Crippen LogP contribution in [0.2, 0.25) is 5.02 Å². The summed E-state index contributed by atoms with van der Waals surface area (Å²) in [6.45, 7) is 0.686. The molecule has 0 saturated heterocycles. The van der Waals surface area contributed by atoms with Crippen molar-refractivity contribution >= 4 is 11.6 Å². The fourth-order valence-electron chi connectivity index (χ4n) is 1.41. The molecule has 2 rings (SSSR count). The van der Waals surface area contributed by atoms with Gasteiger partial charge < -0.3 is 5.11 Å². The van der Waals surface area contributed by atoms with Crippen molar-refractivity contribution in [2.24, 2.45) is 0 Å². The van der Waals surface area contributed by atoms with E-state index in [1.54, 1.807) is 10.7 Å². The number of hydrogen-bond acceptors (Lipinski definition) is 4. The monoisotopic (exact) mass is 238 g/mol. The lowest BCUT2D eigenvalue weighted by Crippen LogP contribution is -2.04. The SMILES string of the molecule is OCCCn1nnnc1-c1ccccc1Cl. The zero-order valence-corrected chi connectivity index (χ0v) is 9.30. The molecule has 0 atom stereocenters. The second-order valence-electron chi connectivity index (χ2n) is 3.28. The summed E-state index contributed by atoms with van der Waals surface area (Å²) < 4.78 is 1.64. The Balaban J connectivity index is 2.33. The van der Waals surface area contributed by atoms with Crippen molar-refractivity contribution in [1.82, 2.24) is 20.2 Å². The lowest BCUT2D eigenvalue weighted by Gasteiger charge is -2.04. The summed E-state index contributed by atoms with van der Waals surface area (Å²) in [5, 5.41) is 20.8. The van der Waals surface area contributed by atoms with Gasteiger partial charge in [0.15, 0.2) is 5.82 Å². The van der Waals surface area contributed by atoms with Crippen LogP contribution in [0.4, 0.5) is 0 Å². The topological polar surface area (TPSA) is 63.8 Å². The Kier molecular flexibility index (Phi) is 3.48. The summed E-state index contributed by atoms with van der Waals surface area (Å²) in [7, 11) is 0. The number of aryl methyl sites for hydroxylation is 1. The molecule has 1 aromatic heterocycles. The van der Waals surface area contributed by atoms with Crippen LogP contribution in [0.15, 0.2) is 24.3 Å². The first-order chi connectivity index (χ1) is 7.83. The van der Waals surface area contributed by atoms with Crippen molar-refractivity contribution in [3.63, 3.8) is 0 Å². The molecule has 0 aliphatic heterocycles. The zero-order chi connectivity index (χ0) is 11.4. The van der Waals surface area contributed by atoms with Gasteiger partial charge in [-0.1, -0.05) is 23.7 Å². The van der Waals surface area contributed by atoms with Crippen LogP contribution in [-0.2, 0) is 6.54 Å². The minimum absolute atomic E-state index is 0.113. The van der Waals surface area contributed by atoms with Crippen LogP contribution in [-0.4, -0.2) is 31.9 Å². The van der Waals surface area contributed by atoms with E-state index < -0.39 is 0 Å². The first-order valence-corrected chi connectivity index (χ1v) is 5.32. The molecule has 0 aliphatic rings. The van der Waals surface area contributed by atoms with E-state index in [1.165, 1.54) is 0 Å². The Hall–Kier alpha value is -1.46. The van der Waals surface area contributed by atoms with Gasteiger partial charge in [0.05, 0.1) is 5.02 Å². The Morgan fingerprint density at radius 3 is 2.88 bits per heavy atom. The fourth-order valence-corrected chi connectivity index (χ4v) is 1.63. The molecule has 16 heavy (non-hydrogen) atoms. The molecule has 0 radical (unpaired) electrons. The maximum atomic E-state index is 8.77. The van der Waals surface area contributed by atoms with Crippen molar-refractivity contribution in [3.05, 3.63) is 29.3 Å². The van der Waals surface area contributed by atoms with Crippen molar-refractivity contribution < 1.29 is 5.11 Å². The molecule has 0 amide bonds. The summed E-state index contributed by atoms with van der Waals surface area (Å²) in [4.78, 5) is 0. The molecule has 0 spiro atoms. The van der Waals surface area contributed by atoms with Gasteiger partial charge in [-0.05, 0) is 29.0 Å². The van der Waals surface area contributed by atoms with Crippen molar-refractivity contribution in [2.75, 3.05) is 6.61 Å². The molecular formula is C10H11ClN4O. The fraction of sp³-hybridized carbons (Fsp3) is 0.300. The number of aliphatic hydroxyl groups excluding tert-OH is 1. The Labute approximate surface area is 97.7 Å². The molecule has 5 nitrogen and oxygen atoms in total. The second-order valence-corrected chi connectivity index (χ2v) is 3.69. The number of tetrazole rings is 1. The lowest BCUT2D eigenvalue weighted by atomic mass is 10.2. The van der Waals surface area contributed by atoms with Gasteiger partial charge in [-0.15, -0.1) is 5.10 Å². The molecule has 6 heteroatoms.